The van der Waals surface area contributed by atoms with Gasteiger partial charge in [-0.3, -0.25) is 4.98 Å². The predicted molar refractivity (Wildman–Crippen MR) is 188 cm³/mol. The summed E-state index contributed by atoms with van der Waals surface area (Å²) in [5.41, 5.74) is 11.9. The highest BCUT2D eigenvalue weighted by Crippen LogP contribution is 2.52. The zero-order valence-corrected chi connectivity index (χ0v) is 25.5. The van der Waals surface area contributed by atoms with Crippen LogP contribution < -0.4 is 0 Å². The van der Waals surface area contributed by atoms with Crippen molar-refractivity contribution in [2.75, 3.05) is 0 Å². The molecule has 4 nitrogen and oxygen atoms in total. The van der Waals surface area contributed by atoms with Crippen molar-refractivity contribution in [2.45, 2.75) is 9.79 Å². The Bertz CT molecular complexity index is 2320. The summed E-state index contributed by atoms with van der Waals surface area (Å²) in [6, 6.07) is 50.9. The molecule has 0 saturated carbocycles. The minimum Gasteiger partial charge on any atom is -0.309 e. The van der Waals surface area contributed by atoms with Crippen LogP contribution in [0.3, 0.4) is 0 Å². The molecule has 0 bridgehead atoms. The molecule has 8 aromatic rings. The van der Waals surface area contributed by atoms with Crippen LogP contribution in [-0.4, -0.2) is 19.5 Å². The molecule has 5 aromatic carbocycles. The maximum absolute atomic E-state index is 5.05. The average Bonchev–Trinajstić information content (AvgIpc) is 3.40. The van der Waals surface area contributed by atoms with Crippen molar-refractivity contribution in [3.8, 4) is 62.0 Å². The van der Waals surface area contributed by atoms with Crippen LogP contribution in [0.4, 0.5) is 0 Å². The molecule has 0 aliphatic carbocycles. The van der Waals surface area contributed by atoms with Crippen LogP contribution in [0.15, 0.2) is 168 Å². The third kappa shape index (κ3) is 4.44. The van der Waals surface area contributed by atoms with Gasteiger partial charge in [-0.15, -0.1) is 0 Å². The summed E-state index contributed by atoms with van der Waals surface area (Å²) in [6.45, 7) is 0. The third-order valence-corrected chi connectivity index (χ3v) is 9.69. The number of aromatic nitrogens is 4. The largest absolute Gasteiger partial charge is 0.309 e. The molecule has 0 fully saturated rings. The van der Waals surface area contributed by atoms with E-state index in [1.165, 1.54) is 32.0 Å². The number of benzene rings is 5. The monoisotopic (exact) mass is 606 g/mol. The van der Waals surface area contributed by atoms with Crippen molar-refractivity contribution >= 4 is 22.7 Å². The molecule has 0 radical (unpaired) electrons. The lowest BCUT2D eigenvalue weighted by atomic mass is 9.99. The molecule has 0 N–H and O–H groups in total. The molecule has 0 spiro atoms. The molecular formula is C41H26N4S. The number of pyridine rings is 1. The standard InChI is InChI=1S/C41H26N4S/c1-3-11-27(12-4-1)34-25-35(44-41(43-34)29-13-5-2-6-14-29)28-19-21-30(22-20-28)45-36-17-9-7-15-31(36)39-33-26-42-24-23-38(33)46-37-18-10-8-16-32(37)40(39)45/h1-26H. The van der Waals surface area contributed by atoms with Crippen LogP contribution in [0.25, 0.3) is 72.9 Å². The van der Waals surface area contributed by atoms with Gasteiger partial charge in [0, 0.05) is 66.6 Å². The van der Waals surface area contributed by atoms with E-state index in [1.54, 1.807) is 0 Å². The van der Waals surface area contributed by atoms with Gasteiger partial charge in [-0.2, -0.15) is 0 Å². The van der Waals surface area contributed by atoms with Gasteiger partial charge in [0.05, 0.1) is 22.6 Å². The molecule has 0 atom stereocenters. The van der Waals surface area contributed by atoms with Gasteiger partial charge >= 0.3 is 0 Å². The van der Waals surface area contributed by atoms with Crippen molar-refractivity contribution in [2.24, 2.45) is 0 Å². The van der Waals surface area contributed by atoms with Gasteiger partial charge in [0.1, 0.15) is 0 Å². The van der Waals surface area contributed by atoms with Crippen LogP contribution in [-0.2, 0) is 0 Å². The summed E-state index contributed by atoms with van der Waals surface area (Å²) >= 11 is 1.81. The Hall–Kier alpha value is -5.78. The zero-order valence-electron chi connectivity index (χ0n) is 24.7. The van der Waals surface area contributed by atoms with E-state index in [-0.39, 0.29) is 0 Å². The van der Waals surface area contributed by atoms with Gasteiger partial charge in [-0.05, 0) is 36.4 Å². The number of fused-ring (bicyclic) bond motifs is 7. The fourth-order valence-electron chi connectivity index (χ4n) is 6.41. The minimum absolute atomic E-state index is 0.712. The van der Waals surface area contributed by atoms with Crippen molar-refractivity contribution < 1.29 is 0 Å². The van der Waals surface area contributed by atoms with Gasteiger partial charge < -0.3 is 4.57 Å². The summed E-state index contributed by atoms with van der Waals surface area (Å²) in [7, 11) is 0. The topological polar surface area (TPSA) is 43.6 Å². The Morgan fingerprint density at radius 1 is 0.522 bits per heavy atom. The van der Waals surface area contributed by atoms with Gasteiger partial charge in [-0.25, -0.2) is 9.97 Å². The summed E-state index contributed by atoms with van der Waals surface area (Å²) in [5.74, 6) is 0.712. The third-order valence-electron chi connectivity index (χ3n) is 8.54. The van der Waals surface area contributed by atoms with Crippen LogP contribution in [0, 0.1) is 0 Å². The van der Waals surface area contributed by atoms with Gasteiger partial charge in [0.25, 0.3) is 0 Å². The lowest BCUT2D eigenvalue weighted by Crippen LogP contribution is -1.99. The Morgan fingerprint density at radius 2 is 1.15 bits per heavy atom. The molecular weight excluding hydrogens is 581 g/mol. The average molecular weight is 607 g/mol. The second-order valence-electron chi connectivity index (χ2n) is 11.3. The summed E-state index contributed by atoms with van der Waals surface area (Å²) < 4.78 is 2.40. The molecule has 3 aromatic heterocycles. The van der Waals surface area contributed by atoms with Crippen LogP contribution in [0.1, 0.15) is 0 Å². The first kappa shape index (κ1) is 26.6. The number of hydrogen-bond acceptors (Lipinski definition) is 4. The molecule has 4 heterocycles. The first-order valence-electron chi connectivity index (χ1n) is 15.3. The number of para-hydroxylation sites is 1. The lowest BCUT2D eigenvalue weighted by Gasteiger charge is -2.15. The summed E-state index contributed by atoms with van der Waals surface area (Å²) in [4.78, 5) is 17.0. The van der Waals surface area contributed by atoms with E-state index < -0.39 is 0 Å². The highest BCUT2D eigenvalue weighted by Gasteiger charge is 2.27. The van der Waals surface area contributed by atoms with E-state index in [2.05, 4.69) is 119 Å². The molecule has 0 amide bonds. The Labute approximate surface area is 271 Å². The molecule has 46 heavy (non-hydrogen) atoms. The Morgan fingerprint density at radius 3 is 1.93 bits per heavy atom. The van der Waals surface area contributed by atoms with Crippen LogP contribution in [0.2, 0.25) is 0 Å². The van der Waals surface area contributed by atoms with Gasteiger partial charge in [0.15, 0.2) is 5.82 Å². The van der Waals surface area contributed by atoms with Crippen molar-refractivity contribution in [1.29, 1.82) is 0 Å². The molecule has 5 heteroatoms. The Balaban J connectivity index is 1.24. The zero-order chi connectivity index (χ0) is 30.5. The van der Waals surface area contributed by atoms with Gasteiger partial charge in [-0.1, -0.05) is 121 Å². The van der Waals surface area contributed by atoms with Crippen LogP contribution >= 0.6 is 11.8 Å². The highest BCUT2D eigenvalue weighted by molar-refractivity contribution is 7.99. The fourth-order valence-corrected chi connectivity index (χ4v) is 7.47. The first-order chi connectivity index (χ1) is 22.8. The van der Waals surface area contributed by atoms with E-state index >= 15 is 0 Å². The molecule has 1 aliphatic rings. The van der Waals surface area contributed by atoms with Gasteiger partial charge in [0.2, 0.25) is 0 Å². The van der Waals surface area contributed by atoms with E-state index in [9.17, 15) is 0 Å². The quantitative estimate of drug-likeness (QED) is 0.200. The number of rotatable bonds is 4. The van der Waals surface area contributed by atoms with Crippen molar-refractivity contribution in [1.82, 2.24) is 19.5 Å². The van der Waals surface area contributed by atoms with E-state index in [0.717, 1.165) is 44.8 Å². The number of hydrogen-bond donors (Lipinski definition) is 0. The minimum atomic E-state index is 0.712. The second kappa shape index (κ2) is 11.0. The smallest absolute Gasteiger partial charge is 0.160 e. The predicted octanol–water partition coefficient (Wildman–Crippen LogP) is 10.6. The molecule has 9 rings (SSSR count). The van der Waals surface area contributed by atoms with E-state index in [1.807, 2.05) is 60.6 Å². The summed E-state index contributed by atoms with van der Waals surface area (Å²) in [5, 5.41) is 1.21. The molecule has 1 aliphatic heterocycles. The van der Waals surface area contributed by atoms with Crippen molar-refractivity contribution in [3.63, 3.8) is 0 Å². The SMILES string of the molecule is c1ccc(-c2cc(-c3ccc(-n4c5c(c6ccccc64)-c4cnccc4Sc4ccccc4-5)cc3)nc(-c3ccccc3)n2)cc1. The fraction of sp³-hybridized carbons (Fsp3) is 0. The number of nitrogens with zero attached hydrogens (tertiary/aromatic N) is 4. The highest BCUT2D eigenvalue weighted by atomic mass is 32.2. The van der Waals surface area contributed by atoms with E-state index in [0.29, 0.717) is 5.82 Å². The maximum atomic E-state index is 5.05. The molecule has 0 unspecified atom stereocenters. The molecule has 216 valence electrons. The summed E-state index contributed by atoms with van der Waals surface area (Å²) in [6.07, 6.45) is 3.90. The second-order valence-corrected chi connectivity index (χ2v) is 12.4. The first-order valence-corrected chi connectivity index (χ1v) is 16.1. The van der Waals surface area contributed by atoms with Crippen molar-refractivity contribution in [3.05, 3.63) is 158 Å². The lowest BCUT2D eigenvalue weighted by molar-refractivity contribution is 1.12. The van der Waals surface area contributed by atoms with Crippen LogP contribution in [0.5, 0.6) is 0 Å². The molecule has 0 saturated heterocycles. The maximum Gasteiger partial charge on any atom is 0.160 e. The normalized spacial score (nSPS) is 11.8. The Kier molecular flexibility index (Phi) is 6.35. The van der Waals surface area contributed by atoms with E-state index in [4.69, 9.17) is 9.97 Å².